The van der Waals surface area contributed by atoms with Gasteiger partial charge >= 0.3 is 5.97 Å². The lowest BCUT2D eigenvalue weighted by molar-refractivity contribution is -0.384. The molecule has 1 saturated heterocycles. The molecule has 0 unspecified atom stereocenters. The molecule has 0 aliphatic carbocycles. The van der Waals surface area contributed by atoms with Crippen LogP contribution in [0, 0.1) is 15.5 Å². The second kappa shape index (κ2) is 5.71. The van der Waals surface area contributed by atoms with Gasteiger partial charge in [-0.25, -0.2) is 4.79 Å². The maximum Gasteiger partial charge on any atom is 0.335 e. The third kappa shape index (κ3) is 2.84. The lowest BCUT2D eigenvalue weighted by atomic mass is 9.82. The van der Waals surface area contributed by atoms with E-state index in [0.29, 0.717) is 5.69 Å². The minimum Gasteiger partial charge on any atom is -0.478 e. The summed E-state index contributed by atoms with van der Waals surface area (Å²) >= 11 is 0. The van der Waals surface area contributed by atoms with Crippen molar-refractivity contribution in [1.29, 1.82) is 0 Å². The van der Waals surface area contributed by atoms with Gasteiger partial charge in [0.15, 0.2) is 0 Å². The minimum atomic E-state index is -1.07. The van der Waals surface area contributed by atoms with Crippen molar-refractivity contribution in [3.63, 3.8) is 0 Å². The molecule has 0 spiro atoms. The van der Waals surface area contributed by atoms with Crippen LogP contribution in [0.2, 0.25) is 0 Å². The first-order valence-electron chi connectivity index (χ1n) is 7.19. The van der Waals surface area contributed by atoms with E-state index in [2.05, 4.69) is 13.8 Å². The monoisotopic (exact) mass is 292 g/mol. The lowest BCUT2D eigenvalue weighted by Gasteiger charge is -2.27. The van der Waals surface area contributed by atoms with E-state index >= 15 is 0 Å². The van der Waals surface area contributed by atoms with Gasteiger partial charge in [-0.15, -0.1) is 0 Å². The lowest BCUT2D eigenvalue weighted by Crippen LogP contribution is -2.26. The summed E-state index contributed by atoms with van der Waals surface area (Å²) in [5.74, 6) is -1.07. The molecule has 0 bridgehead atoms. The topological polar surface area (TPSA) is 83.7 Å². The molecule has 1 N–H and O–H groups in total. The number of nitro benzene ring substituents is 1. The molecular weight excluding hydrogens is 272 g/mol. The van der Waals surface area contributed by atoms with Gasteiger partial charge < -0.3 is 10.0 Å². The summed E-state index contributed by atoms with van der Waals surface area (Å²) < 4.78 is 0. The Morgan fingerprint density at radius 2 is 2.10 bits per heavy atom. The highest BCUT2D eigenvalue weighted by Gasteiger charge is 2.37. The van der Waals surface area contributed by atoms with Gasteiger partial charge in [-0.05, 0) is 36.8 Å². The molecule has 0 radical (unpaired) electrons. The number of carboxylic acid groups (broad SMARTS) is 1. The van der Waals surface area contributed by atoms with Gasteiger partial charge in [-0.2, -0.15) is 0 Å². The molecule has 114 valence electrons. The molecule has 1 heterocycles. The molecule has 1 aliphatic rings. The van der Waals surface area contributed by atoms with Crippen LogP contribution in [0.25, 0.3) is 0 Å². The third-order valence-corrected chi connectivity index (χ3v) is 4.70. The minimum absolute atomic E-state index is 0.0250. The van der Waals surface area contributed by atoms with E-state index in [1.165, 1.54) is 18.2 Å². The number of carboxylic acids is 1. The molecule has 1 fully saturated rings. The van der Waals surface area contributed by atoms with Crippen molar-refractivity contribution in [3.8, 4) is 0 Å². The number of carbonyl (C=O) groups is 1. The molecule has 0 amide bonds. The highest BCUT2D eigenvalue weighted by molar-refractivity contribution is 5.90. The Morgan fingerprint density at radius 1 is 1.43 bits per heavy atom. The summed E-state index contributed by atoms with van der Waals surface area (Å²) in [4.78, 5) is 23.8. The molecule has 0 saturated carbocycles. The third-order valence-electron chi connectivity index (χ3n) is 4.70. The van der Waals surface area contributed by atoms with Crippen LogP contribution in [-0.2, 0) is 0 Å². The summed E-state index contributed by atoms with van der Waals surface area (Å²) in [5.41, 5.74) is 0.653. The second-order valence-electron chi connectivity index (χ2n) is 5.64. The van der Waals surface area contributed by atoms with Crippen molar-refractivity contribution in [2.75, 3.05) is 18.0 Å². The maximum atomic E-state index is 11.2. The van der Waals surface area contributed by atoms with Crippen LogP contribution >= 0.6 is 0 Å². The van der Waals surface area contributed by atoms with Crippen molar-refractivity contribution in [1.82, 2.24) is 0 Å². The van der Waals surface area contributed by atoms with Crippen LogP contribution in [0.3, 0.4) is 0 Å². The van der Waals surface area contributed by atoms with Crippen LogP contribution in [-0.4, -0.2) is 29.1 Å². The van der Waals surface area contributed by atoms with Gasteiger partial charge in [-0.1, -0.05) is 13.8 Å². The van der Waals surface area contributed by atoms with Gasteiger partial charge in [0.25, 0.3) is 5.69 Å². The number of nitrogens with zero attached hydrogens (tertiary/aromatic N) is 2. The number of hydrogen-bond donors (Lipinski definition) is 1. The predicted octanol–water partition coefficient (Wildman–Crippen LogP) is 3.31. The first kappa shape index (κ1) is 15.3. The average Bonchev–Trinajstić information content (AvgIpc) is 2.91. The zero-order valence-electron chi connectivity index (χ0n) is 12.3. The molecule has 2 rings (SSSR count). The van der Waals surface area contributed by atoms with Crippen LogP contribution in [0.15, 0.2) is 18.2 Å². The van der Waals surface area contributed by atoms with E-state index in [0.717, 1.165) is 32.4 Å². The van der Waals surface area contributed by atoms with E-state index < -0.39 is 10.9 Å². The smallest absolute Gasteiger partial charge is 0.335 e. The number of rotatable bonds is 5. The zero-order chi connectivity index (χ0) is 15.6. The maximum absolute atomic E-state index is 11.2. The summed E-state index contributed by atoms with van der Waals surface area (Å²) in [6, 6.07) is 3.99. The average molecular weight is 292 g/mol. The van der Waals surface area contributed by atoms with Gasteiger partial charge in [0, 0.05) is 19.2 Å². The molecule has 1 aliphatic heterocycles. The van der Waals surface area contributed by atoms with Crippen molar-refractivity contribution in [2.24, 2.45) is 5.41 Å². The van der Waals surface area contributed by atoms with E-state index in [4.69, 9.17) is 5.11 Å². The highest BCUT2D eigenvalue weighted by Crippen LogP contribution is 2.41. The van der Waals surface area contributed by atoms with Gasteiger partial charge in [0.2, 0.25) is 0 Å². The first-order valence-corrected chi connectivity index (χ1v) is 7.19. The van der Waals surface area contributed by atoms with E-state index in [9.17, 15) is 14.9 Å². The van der Waals surface area contributed by atoms with Crippen LogP contribution in [0.4, 0.5) is 11.4 Å². The van der Waals surface area contributed by atoms with Crippen molar-refractivity contribution in [3.05, 3.63) is 33.9 Å². The SMILES string of the molecule is CCC1(CC)CCN(c2cc(C(=O)O)ccc2[N+](=O)[O-])C1. The molecular formula is C15H20N2O4. The van der Waals surface area contributed by atoms with Crippen LogP contribution in [0.5, 0.6) is 0 Å². The standard InChI is InChI=1S/C15H20N2O4/c1-3-15(4-2)7-8-16(10-15)13-9-11(14(18)19)5-6-12(13)17(20)21/h5-6,9H,3-4,7-8,10H2,1-2H3,(H,18,19). The van der Waals surface area contributed by atoms with E-state index in [1.54, 1.807) is 0 Å². The second-order valence-corrected chi connectivity index (χ2v) is 5.64. The fraction of sp³-hybridized carbons (Fsp3) is 0.533. The molecule has 1 aromatic carbocycles. The Bertz CT molecular complexity index is 567. The molecule has 21 heavy (non-hydrogen) atoms. The van der Waals surface area contributed by atoms with Gasteiger partial charge in [0.05, 0.1) is 10.5 Å². The molecule has 0 aromatic heterocycles. The quantitative estimate of drug-likeness (QED) is 0.665. The Kier molecular flexibility index (Phi) is 4.16. The molecule has 6 nitrogen and oxygen atoms in total. The summed E-state index contributed by atoms with van der Waals surface area (Å²) in [6.45, 7) is 5.74. The number of hydrogen-bond acceptors (Lipinski definition) is 4. The Hall–Kier alpha value is -2.11. The zero-order valence-corrected chi connectivity index (χ0v) is 12.3. The predicted molar refractivity (Wildman–Crippen MR) is 79.9 cm³/mol. The van der Waals surface area contributed by atoms with Crippen LogP contribution < -0.4 is 4.90 Å². The van der Waals surface area contributed by atoms with Gasteiger partial charge in [-0.3, -0.25) is 10.1 Å². The number of aromatic carboxylic acids is 1. The Balaban J connectivity index is 2.40. The largest absolute Gasteiger partial charge is 0.478 e. The Morgan fingerprint density at radius 3 is 2.57 bits per heavy atom. The molecule has 0 atom stereocenters. The molecule has 1 aromatic rings. The van der Waals surface area contributed by atoms with Gasteiger partial charge in [0.1, 0.15) is 5.69 Å². The molecule has 6 heteroatoms. The number of benzene rings is 1. The number of anilines is 1. The fourth-order valence-electron chi connectivity index (χ4n) is 3.03. The summed E-state index contributed by atoms with van der Waals surface area (Å²) in [5, 5.41) is 20.3. The van der Waals surface area contributed by atoms with Crippen LogP contribution in [0.1, 0.15) is 43.5 Å². The summed E-state index contributed by atoms with van der Waals surface area (Å²) in [7, 11) is 0. The summed E-state index contributed by atoms with van der Waals surface area (Å²) in [6.07, 6.45) is 3.02. The van der Waals surface area contributed by atoms with Crippen molar-refractivity contribution < 1.29 is 14.8 Å². The van der Waals surface area contributed by atoms with Crippen molar-refractivity contribution in [2.45, 2.75) is 33.1 Å². The highest BCUT2D eigenvalue weighted by atomic mass is 16.6. The Labute approximate surface area is 123 Å². The van der Waals surface area contributed by atoms with E-state index in [1.807, 2.05) is 4.90 Å². The van der Waals surface area contributed by atoms with Crippen molar-refractivity contribution >= 4 is 17.3 Å². The first-order chi connectivity index (χ1) is 9.92. The fourth-order valence-corrected chi connectivity index (χ4v) is 3.03. The normalized spacial score (nSPS) is 17.0. The number of nitro groups is 1. The van der Waals surface area contributed by atoms with E-state index in [-0.39, 0.29) is 16.7 Å².